The van der Waals surface area contributed by atoms with Gasteiger partial charge in [-0.15, -0.1) is 0 Å². The van der Waals surface area contributed by atoms with Crippen LogP contribution in [0.5, 0.6) is 0 Å². The standard InChI is InChI=1S/C13H19ClN2O2/c1-4-12-9(5-6-18-12)11(17)7-10-8(2)15-16(3)13(10)14/h9,12H,4-7H2,1-3H3. The molecule has 2 heterocycles. The molecule has 2 unspecified atom stereocenters. The molecule has 0 bridgehead atoms. The molecule has 0 spiro atoms. The Labute approximate surface area is 112 Å². The van der Waals surface area contributed by atoms with Crippen LogP contribution in [-0.2, 0) is 23.0 Å². The van der Waals surface area contributed by atoms with E-state index in [2.05, 4.69) is 12.0 Å². The minimum Gasteiger partial charge on any atom is -0.377 e. The highest BCUT2D eigenvalue weighted by Gasteiger charge is 2.33. The van der Waals surface area contributed by atoms with E-state index in [0.29, 0.717) is 18.2 Å². The van der Waals surface area contributed by atoms with Crippen LogP contribution in [0, 0.1) is 12.8 Å². The van der Waals surface area contributed by atoms with Gasteiger partial charge in [0.15, 0.2) is 0 Å². The highest BCUT2D eigenvalue weighted by molar-refractivity contribution is 6.30. The molecule has 1 aliphatic heterocycles. The van der Waals surface area contributed by atoms with Crippen molar-refractivity contribution in [3.63, 3.8) is 0 Å². The Hall–Kier alpha value is -0.870. The van der Waals surface area contributed by atoms with Crippen LogP contribution in [0.15, 0.2) is 0 Å². The lowest BCUT2D eigenvalue weighted by molar-refractivity contribution is -0.123. The fourth-order valence-corrected chi connectivity index (χ4v) is 2.84. The Bertz CT molecular complexity index is 456. The first-order valence-corrected chi connectivity index (χ1v) is 6.74. The summed E-state index contributed by atoms with van der Waals surface area (Å²) >= 11 is 6.15. The number of halogens is 1. The molecule has 100 valence electrons. The van der Waals surface area contributed by atoms with Gasteiger partial charge >= 0.3 is 0 Å². The third-order valence-corrected chi connectivity index (χ3v) is 4.12. The maximum Gasteiger partial charge on any atom is 0.143 e. The summed E-state index contributed by atoms with van der Waals surface area (Å²) in [6, 6.07) is 0. The largest absolute Gasteiger partial charge is 0.377 e. The molecule has 0 N–H and O–H groups in total. The van der Waals surface area contributed by atoms with Crippen molar-refractivity contribution < 1.29 is 9.53 Å². The molecular weight excluding hydrogens is 252 g/mol. The lowest BCUT2D eigenvalue weighted by atomic mass is 9.91. The summed E-state index contributed by atoms with van der Waals surface area (Å²) in [4.78, 5) is 12.3. The average molecular weight is 271 g/mol. The van der Waals surface area contributed by atoms with E-state index in [9.17, 15) is 4.79 Å². The van der Waals surface area contributed by atoms with Crippen LogP contribution in [0.1, 0.15) is 31.0 Å². The van der Waals surface area contributed by atoms with Gasteiger partial charge in [-0.25, -0.2) is 0 Å². The third kappa shape index (κ3) is 2.45. The summed E-state index contributed by atoms with van der Waals surface area (Å²) in [5.74, 6) is 0.239. The van der Waals surface area contributed by atoms with E-state index in [1.54, 1.807) is 11.7 Å². The van der Waals surface area contributed by atoms with Crippen LogP contribution in [0.2, 0.25) is 5.15 Å². The van der Waals surface area contributed by atoms with Crippen LogP contribution in [-0.4, -0.2) is 28.3 Å². The van der Waals surface area contributed by atoms with Crippen LogP contribution in [0.4, 0.5) is 0 Å². The van der Waals surface area contributed by atoms with Crippen molar-refractivity contribution in [2.24, 2.45) is 13.0 Å². The Morgan fingerprint density at radius 3 is 2.89 bits per heavy atom. The smallest absolute Gasteiger partial charge is 0.143 e. The van der Waals surface area contributed by atoms with Crippen molar-refractivity contribution in [3.05, 3.63) is 16.4 Å². The summed E-state index contributed by atoms with van der Waals surface area (Å²) in [6.45, 7) is 4.63. The van der Waals surface area contributed by atoms with Crippen molar-refractivity contribution in [3.8, 4) is 0 Å². The minimum atomic E-state index is 0.0191. The predicted molar refractivity (Wildman–Crippen MR) is 69.8 cm³/mol. The quantitative estimate of drug-likeness (QED) is 0.843. The maximum atomic E-state index is 12.3. The van der Waals surface area contributed by atoms with Crippen molar-refractivity contribution in [2.45, 2.75) is 39.2 Å². The van der Waals surface area contributed by atoms with E-state index < -0.39 is 0 Å². The van der Waals surface area contributed by atoms with Crippen LogP contribution in [0.25, 0.3) is 0 Å². The first-order valence-electron chi connectivity index (χ1n) is 6.36. The number of hydrogen-bond donors (Lipinski definition) is 0. The van der Waals surface area contributed by atoms with Gasteiger partial charge in [0.1, 0.15) is 10.9 Å². The second-order valence-corrected chi connectivity index (χ2v) is 5.19. The molecule has 1 aromatic heterocycles. The second-order valence-electron chi connectivity index (χ2n) is 4.83. The van der Waals surface area contributed by atoms with Crippen molar-refractivity contribution >= 4 is 17.4 Å². The van der Waals surface area contributed by atoms with E-state index in [0.717, 1.165) is 24.1 Å². The van der Waals surface area contributed by atoms with Gasteiger partial charge in [0.05, 0.1) is 11.8 Å². The fourth-order valence-electron chi connectivity index (χ4n) is 2.60. The van der Waals surface area contributed by atoms with Gasteiger partial charge < -0.3 is 4.74 Å². The minimum absolute atomic E-state index is 0.0191. The van der Waals surface area contributed by atoms with E-state index in [1.165, 1.54) is 0 Å². The van der Waals surface area contributed by atoms with Crippen molar-refractivity contribution in [1.29, 1.82) is 0 Å². The molecule has 1 saturated heterocycles. The topological polar surface area (TPSA) is 44.1 Å². The molecule has 5 heteroatoms. The summed E-state index contributed by atoms with van der Waals surface area (Å²) < 4.78 is 7.18. The number of aromatic nitrogens is 2. The number of Topliss-reactive ketones (excluding diaryl/α,β-unsaturated/α-hetero) is 1. The molecule has 4 nitrogen and oxygen atoms in total. The molecule has 0 aliphatic carbocycles. The second kappa shape index (κ2) is 5.41. The molecular formula is C13H19ClN2O2. The van der Waals surface area contributed by atoms with E-state index >= 15 is 0 Å². The summed E-state index contributed by atoms with van der Waals surface area (Å²) in [7, 11) is 1.79. The number of ether oxygens (including phenoxy) is 1. The van der Waals surface area contributed by atoms with Crippen LogP contribution in [0.3, 0.4) is 0 Å². The van der Waals surface area contributed by atoms with Gasteiger partial charge in [-0.1, -0.05) is 18.5 Å². The molecule has 0 aromatic carbocycles. The first kappa shape index (κ1) is 13.6. The Kier molecular flexibility index (Phi) is 4.07. The van der Waals surface area contributed by atoms with Gasteiger partial charge in [0.25, 0.3) is 0 Å². The van der Waals surface area contributed by atoms with Gasteiger partial charge in [-0.2, -0.15) is 5.10 Å². The Morgan fingerprint density at radius 1 is 1.61 bits per heavy atom. The number of hydrogen-bond acceptors (Lipinski definition) is 3. The van der Waals surface area contributed by atoms with Gasteiger partial charge in [-0.3, -0.25) is 9.48 Å². The number of ketones is 1. The zero-order valence-corrected chi connectivity index (χ0v) is 11.8. The van der Waals surface area contributed by atoms with Crippen LogP contribution < -0.4 is 0 Å². The Morgan fingerprint density at radius 2 is 2.33 bits per heavy atom. The number of rotatable bonds is 4. The van der Waals surface area contributed by atoms with Crippen LogP contribution >= 0.6 is 11.6 Å². The zero-order chi connectivity index (χ0) is 13.3. The molecule has 0 amide bonds. The molecule has 0 saturated carbocycles. The van der Waals surface area contributed by atoms with Crippen molar-refractivity contribution in [2.75, 3.05) is 6.61 Å². The SMILES string of the molecule is CCC1OCCC1C(=O)Cc1c(C)nn(C)c1Cl. The first-order chi connectivity index (χ1) is 8.54. The van der Waals surface area contributed by atoms with Gasteiger partial charge in [-0.05, 0) is 19.8 Å². The maximum absolute atomic E-state index is 12.3. The van der Waals surface area contributed by atoms with Gasteiger partial charge in [0, 0.05) is 31.6 Å². The molecule has 0 radical (unpaired) electrons. The molecule has 1 fully saturated rings. The third-order valence-electron chi connectivity index (χ3n) is 3.65. The summed E-state index contributed by atoms with van der Waals surface area (Å²) in [5, 5.41) is 4.79. The lowest BCUT2D eigenvalue weighted by Gasteiger charge is -2.15. The normalized spacial score (nSPS) is 23.6. The number of carbonyl (C=O) groups is 1. The predicted octanol–water partition coefficient (Wildman–Crippen LogP) is 2.31. The molecule has 1 aliphatic rings. The highest BCUT2D eigenvalue weighted by Crippen LogP contribution is 2.27. The highest BCUT2D eigenvalue weighted by atomic mass is 35.5. The molecule has 1 aromatic rings. The van der Waals surface area contributed by atoms with E-state index in [-0.39, 0.29) is 17.8 Å². The fraction of sp³-hybridized carbons (Fsp3) is 0.692. The average Bonchev–Trinajstić information content (AvgIpc) is 2.90. The number of nitrogens with zero attached hydrogens (tertiary/aromatic N) is 2. The van der Waals surface area contributed by atoms with E-state index in [1.807, 2.05) is 6.92 Å². The molecule has 2 atom stereocenters. The number of carbonyl (C=O) groups excluding carboxylic acids is 1. The van der Waals surface area contributed by atoms with Gasteiger partial charge in [0.2, 0.25) is 0 Å². The van der Waals surface area contributed by atoms with E-state index in [4.69, 9.17) is 16.3 Å². The lowest BCUT2D eigenvalue weighted by Crippen LogP contribution is -2.25. The Balaban J connectivity index is 2.11. The van der Waals surface area contributed by atoms with Crippen molar-refractivity contribution in [1.82, 2.24) is 9.78 Å². The summed E-state index contributed by atoms with van der Waals surface area (Å²) in [5.41, 5.74) is 1.69. The monoisotopic (exact) mass is 270 g/mol. The summed E-state index contributed by atoms with van der Waals surface area (Å²) in [6.07, 6.45) is 2.15. The zero-order valence-electron chi connectivity index (χ0n) is 11.1. The molecule has 18 heavy (non-hydrogen) atoms. The number of aryl methyl sites for hydroxylation is 2. The molecule has 2 rings (SSSR count).